The van der Waals surface area contributed by atoms with Gasteiger partial charge < -0.3 is 10.4 Å². The predicted octanol–water partition coefficient (Wildman–Crippen LogP) is 2.49. The zero-order valence-corrected chi connectivity index (χ0v) is 13.1. The van der Waals surface area contributed by atoms with Crippen molar-refractivity contribution in [1.29, 1.82) is 0 Å². The molecule has 21 heavy (non-hydrogen) atoms. The average molecular weight is 303 g/mol. The van der Waals surface area contributed by atoms with Gasteiger partial charge in [0.05, 0.1) is 17.9 Å². The van der Waals surface area contributed by atoms with Crippen LogP contribution in [-0.4, -0.2) is 28.6 Å². The second-order valence-corrected chi connectivity index (χ2v) is 6.44. The smallest absolute Gasteiger partial charge is 0.233 e. The zero-order valence-electron chi connectivity index (χ0n) is 12.3. The fourth-order valence-electron chi connectivity index (χ4n) is 2.28. The van der Waals surface area contributed by atoms with Crippen LogP contribution in [0.1, 0.15) is 43.4 Å². The number of thioether (sulfide) groups is 1. The van der Waals surface area contributed by atoms with Crippen LogP contribution in [0.2, 0.25) is 0 Å². The number of aliphatic hydroxyl groups excluding tert-OH is 1. The molecule has 112 valence electrons. The van der Waals surface area contributed by atoms with Crippen LogP contribution in [0, 0.1) is 11.8 Å². The molecule has 1 aliphatic heterocycles. The largest absolute Gasteiger partial charge is 0.395 e. The van der Waals surface area contributed by atoms with Crippen molar-refractivity contribution in [2.45, 2.75) is 37.5 Å². The molecule has 0 bridgehead atoms. The van der Waals surface area contributed by atoms with E-state index in [-0.39, 0.29) is 23.8 Å². The van der Waals surface area contributed by atoms with Crippen LogP contribution >= 0.6 is 11.8 Å². The standard InChI is InChI=1S/C17H21NO2S/c1-13(18-17(20)16-9-5-11-21-16)15-8-4-7-14(12-15)6-2-3-10-19/h4,7-8,12-13,16,19H,3,5,9-11H2,1H3,(H,18,20). The van der Waals surface area contributed by atoms with Gasteiger partial charge in [0.1, 0.15) is 0 Å². The first-order chi connectivity index (χ1) is 10.2. The van der Waals surface area contributed by atoms with Crippen molar-refractivity contribution in [3.63, 3.8) is 0 Å². The number of amides is 1. The molecular weight excluding hydrogens is 282 g/mol. The lowest BCUT2D eigenvalue weighted by Crippen LogP contribution is -2.33. The molecule has 0 saturated carbocycles. The topological polar surface area (TPSA) is 49.3 Å². The van der Waals surface area contributed by atoms with E-state index in [2.05, 4.69) is 17.2 Å². The van der Waals surface area contributed by atoms with E-state index in [0.29, 0.717) is 6.42 Å². The maximum absolute atomic E-state index is 12.1. The van der Waals surface area contributed by atoms with Gasteiger partial charge in [-0.15, -0.1) is 11.8 Å². The van der Waals surface area contributed by atoms with Crippen LogP contribution in [0.3, 0.4) is 0 Å². The molecule has 1 fully saturated rings. The highest BCUT2D eigenvalue weighted by Gasteiger charge is 2.24. The Labute approximate surface area is 130 Å². The van der Waals surface area contributed by atoms with E-state index in [1.807, 2.05) is 31.2 Å². The van der Waals surface area contributed by atoms with E-state index >= 15 is 0 Å². The molecule has 1 aromatic carbocycles. The van der Waals surface area contributed by atoms with Crippen LogP contribution in [-0.2, 0) is 4.79 Å². The summed E-state index contributed by atoms with van der Waals surface area (Å²) in [5.74, 6) is 7.16. The summed E-state index contributed by atoms with van der Waals surface area (Å²) in [6.45, 7) is 2.08. The third-order valence-corrected chi connectivity index (χ3v) is 4.81. The molecule has 1 aromatic rings. The fraction of sp³-hybridized carbons (Fsp3) is 0.471. The summed E-state index contributed by atoms with van der Waals surface area (Å²) in [4.78, 5) is 12.1. The Morgan fingerprint density at radius 1 is 1.57 bits per heavy atom. The number of aliphatic hydroxyl groups is 1. The number of hydrogen-bond acceptors (Lipinski definition) is 3. The predicted molar refractivity (Wildman–Crippen MR) is 87.1 cm³/mol. The van der Waals surface area contributed by atoms with Crippen molar-refractivity contribution < 1.29 is 9.90 Å². The van der Waals surface area contributed by atoms with E-state index in [9.17, 15) is 4.79 Å². The van der Waals surface area contributed by atoms with Gasteiger partial charge in [0.25, 0.3) is 0 Å². The molecule has 4 heteroatoms. The van der Waals surface area contributed by atoms with Gasteiger partial charge in [-0.05, 0) is 43.2 Å². The van der Waals surface area contributed by atoms with Crippen LogP contribution < -0.4 is 5.32 Å². The second-order valence-electron chi connectivity index (χ2n) is 5.13. The van der Waals surface area contributed by atoms with Gasteiger partial charge in [-0.25, -0.2) is 0 Å². The first-order valence-corrected chi connectivity index (χ1v) is 8.37. The Balaban J connectivity index is 1.98. The summed E-state index contributed by atoms with van der Waals surface area (Å²) in [6, 6.07) is 7.87. The normalized spacial score (nSPS) is 18.7. The van der Waals surface area contributed by atoms with Crippen LogP contribution in [0.5, 0.6) is 0 Å². The fourth-order valence-corrected chi connectivity index (χ4v) is 3.45. The van der Waals surface area contributed by atoms with Crippen molar-refractivity contribution in [2.75, 3.05) is 12.4 Å². The third-order valence-electron chi connectivity index (χ3n) is 3.44. The van der Waals surface area contributed by atoms with Crippen LogP contribution in [0.4, 0.5) is 0 Å². The van der Waals surface area contributed by atoms with Crippen LogP contribution in [0.25, 0.3) is 0 Å². The molecule has 2 atom stereocenters. The molecular formula is C17H21NO2S. The minimum Gasteiger partial charge on any atom is -0.395 e. The molecule has 1 heterocycles. The van der Waals surface area contributed by atoms with Crippen LogP contribution in [0.15, 0.2) is 24.3 Å². The lowest BCUT2D eigenvalue weighted by molar-refractivity contribution is -0.121. The molecule has 2 rings (SSSR count). The third kappa shape index (κ3) is 4.80. The highest BCUT2D eigenvalue weighted by atomic mass is 32.2. The minimum absolute atomic E-state index is 0.0155. The maximum atomic E-state index is 12.1. The Bertz CT molecular complexity index is 541. The van der Waals surface area contributed by atoms with E-state index in [4.69, 9.17) is 5.11 Å². The Kier molecular flexibility index (Phi) is 6.16. The Hall–Kier alpha value is -1.44. The molecule has 2 N–H and O–H groups in total. The number of nitrogens with one attached hydrogen (secondary N) is 1. The molecule has 1 amide bonds. The number of benzene rings is 1. The van der Waals surface area contributed by atoms with Crippen molar-refractivity contribution in [1.82, 2.24) is 5.32 Å². The summed E-state index contributed by atoms with van der Waals surface area (Å²) in [7, 11) is 0. The lowest BCUT2D eigenvalue weighted by atomic mass is 10.0. The maximum Gasteiger partial charge on any atom is 0.233 e. The SMILES string of the molecule is CC(NC(=O)C1CCCS1)c1cccc(C#CCCO)c1. The van der Waals surface area contributed by atoms with Gasteiger partial charge in [0.15, 0.2) is 0 Å². The molecule has 0 radical (unpaired) electrons. The van der Waals surface area contributed by atoms with Crippen molar-refractivity contribution >= 4 is 17.7 Å². The van der Waals surface area contributed by atoms with E-state index < -0.39 is 0 Å². The molecule has 3 nitrogen and oxygen atoms in total. The number of carbonyl (C=O) groups excluding carboxylic acids is 1. The first-order valence-electron chi connectivity index (χ1n) is 7.32. The molecule has 1 saturated heterocycles. The lowest BCUT2D eigenvalue weighted by Gasteiger charge is -2.17. The monoisotopic (exact) mass is 303 g/mol. The quantitative estimate of drug-likeness (QED) is 0.840. The number of hydrogen-bond donors (Lipinski definition) is 2. The summed E-state index contributed by atoms with van der Waals surface area (Å²) >= 11 is 1.75. The molecule has 2 unspecified atom stereocenters. The van der Waals surface area contributed by atoms with Gasteiger partial charge in [0, 0.05) is 12.0 Å². The van der Waals surface area contributed by atoms with E-state index in [0.717, 1.165) is 29.7 Å². The molecule has 0 aliphatic carbocycles. The highest BCUT2D eigenvalue weighted by molar-refractivity contribution is 8.00. The summed E-state index contributed by atoms with van der Waals surface area (Å²) in [6.07, 6.45) is 2.60. The average Bonchev–Trinajstić information content (AvgIpc) is 3.02. The van der Waals surface area contributed by atoms with Crippen molar-refractivity contribution in [3.05, 3.63) is 35.4 Å². The van der Waals surface area contributed by atoms with Gasteiger partial charge in [-0.1, -0.05) is 24.0 Å². The summed E-state index contributed by atoms with van der Waals surface area (Å²) in [5, 5.41) is 11.9. The van der Waals surface area contributed by atoms with E-state index in [1.54, 1.807) is 11.8 Å². The van der Waals surface area contributed by atoms with Gasteiger partial charge in [0.2, 0.25) is 5.91 Å². The zero-order chi connectivity index (χ0) is 15.1. The molecule has 1 aliphatic rings. The summed E-state index contributed by atoms with van der Waals surface area (Å²) < 4.78 is 0. The Morgan fingerprint density at radius 3 is 3.14 bits per heavy atom. The minimum atomic E-state index is -0.0155. The molecule has 0 aromatic heterocycles. The Morgan fingerprint density at radius 2 is 2.43 bits per heavy atom. The highest BCUT2D eigenvalue weighted by Crippen LogP contribution is 2.27. The first kappa shape index (κ1) is 15.9. The number of rotatable bonds is 4. The van der Waals surface area contributed by atoms with Crippen molar-refractivity contribution in [2.24, 2.45) is 0 Å². The second kappa shape index (κ2) is 8.11. The summed E-state index contributed by atoms with van der Waals surface area (Å²) in [5.41, 5.74) is 1.97. The molecule has 0 spiro atoms. The van der Waals surface area contributed by atoms with Gasteiger partial charge >= 0.3 is 0 Å². The van der Waals surface area contributed by atoms with Gasteiger partial charge in [-0.2, -0.15) is 0 Å². The number of carbonyl (C=O) groups is 1. The van der Waals surface area contributed by atoms with Crippen molar-refractivity contribution in [3.8, 4) is 11.8 Å². The van der Waals surface area contributed by atoms with E-state index in [1.165, 1.54) is 0 Å². The van der Waals surface area contributed by atoms with Gasteiger partial charge in [-0.3, -0.25) is 4.79 Å².